The number of carbonyl (C=O) groups excluding carboxylic acids is 1. The topological polar surface area (TPSA) is 75.3 Å². The summed E-state index contributed by atoms with van der Waals surface area (Å²) in [5.74, 6) is -0.254. The summed E-state index contributed by atoms with van der Waals surface area (Å²) in [4.78, 5) is 11.5. The number of hydrogen-bond acceptors (Lipinski definition) is 4. The van der Waals surface area contributed by atoms with Gasteiger partial charge in [0.25, 0.3) is 0 Å². The molecular formula is C11H22N2O3S. The summed E-state index contributed by atoms with van der Waals surface area (Å²) in [6.45, 7) is 4.69. The third-order valence-electron chi connectivity index (χ3n) is 3.10. The standard InChI is InChI=1S/C11H22N2O3S/c1-11(5-3-6-12-8-11)9-13-10(14)4-7-17(2,15)16/h12H,3-9H2,1-2H3,(H,13,14). The fourth-order valence-electron chi connectivity index (χ4n) is 1.95. The van der Waals surface area contributed by atoms with Gasteiger partial charge in [-0.3, -0.25) is 4.79 Å². The summed E-state index contributed by atoms with van der Waals surface area (Å²) in [6.07, 6.45) is 3.41. The van der Waals surface area contributed by atoms with Gasteiger partial charge in [-0.1, -0.05) is 6.92 Å². The number of carbonyl (C=O) groups is 1. The Morgan fingerprint density at radius 3 is 2.71 bits per heavy atom. The summed E-state index contributed by atoms with van der Waals surface area (Å²) >= 11 is 0. The van der Waals surface area contributed by atoms with Gasteiger partial charge in [0.15, 0.2) is 0 Å². The summed E-state index contributed by atoms with van der Waals surface area (Å²) in [5, 5.41) is 6.13. The van der Waals surface area contributed by atoms with E-state index in [9.17, 15) is 13.2 Å². The zero-order valence-corrected chi connectivity index (χ0v) is 11.4. The fraction of sp³-hybridized carbons (Fsp3) is 0.909. The maximum Gasteiger partial charge on any atom is 0.221 e. The van der Waals surface area contributed by atoms with E-state index >= 15 is 0 Å². The third-order valence-corrected chi connectivity index (χ3v) is 4.04. The van der Waals surface area contributed by atoms with Crippen molar-refractivity contribution in [1.29, 1.82) is 0 Å². The number of rotatable bonds is 5. The number of nitrogens with one attached hydrogen (secondary N) is 2. The van der Waals surface area contributed by atoms with Crippen molar-refractivity contribution in [1.82, 2.24) is 10.6 Å². The quantitative estimate of drug-likeness (QED) is 0.727. The first-order valence-corrected chi connectivity index (χ1v) is 8.02. The largest absolute Gasteiger partial charge is 0.355 e. The average molecular weight is 262 g/mol. The Balaban J connectivity index is 2.27. The first kappa shape index (κ1) is 14.4. The van der Waals surface area contributed by atoms with Crippen LogP contribution in [0.15, 0.2) is 0 Å². The lowest BCUT2D eigenvalue weighted by atomic mass is 9.83. The Hall–Kier alpha value is -0.620. The van der Waals surface area contributed by atoms with Gasteiger partial charge >= 0.3 is 0 Å². The summed E-state index contributed by atoms with van der Waals surface area (Å²) in [5.41, 5.74) is 0.0962. The first-order chi connectivity index (χ1) is 7.81. The zero-order valence-electron chi connectivity index (χ0n) is 10.6. The first-order valence-electron chi connectivity index (χ1n) is 5.96. The van der Waals surface area contributed by atoms with E-state index in [4.69, 9.17) is 0 Å². The van der Waals surface area contributed by atoms with Crippen LogP contribution < -0.4 is 10.6 Å². The molecule has 0 aromatic rings. The molecule has 100 valence electrons. The minimum atomic E-state index is -3.05. The molecule has 1 saturated heterocycles. The molecular weight excluding hydrogens is 240 g/mol. The lowest BCUT2D eigenvalue weighted by molar-refractivity contribution is -0.121. The molecule has 5 nitrogen and oxygen atoms in total. The molecule has 1 amide bonds. The van der Waals surface area contributed by atoms with Crippen molar-refractivity contribution < 1.29 is 13.2 Å². The Morgan fingerprint density at radius 1 is 1.47 bits per heavy atom. The summed E-state index contributed by atoms with van der Waals surface area (Å²) < 4.78 is 21.8. The average Bonchev–Trinajstić information content (AvgIpc) is 2.24. The predicted molar refractivity (Wildman–Crippen MR) is 67.5 cm³/mol. The van der Waals surface area contributed by atoms with E-state index in [2.05, 4.69) is 17.6 Å². The zero-order chi connectivity index (χ0) is 12.9. The minimum absolute atomic E-state index is 0.0579. The molecule has 1 aliphatic rings. The van der Waals surface area contributed by atoms with Crippen LogP contribution in [-0.4, -0.2) is 46.0 Å². The van der Waals surface area contributed by atoms with Gasteiger partial charge in [0.1, 0.15) is 9.84 Å². The van der Waals surface area contributed by atoms with E-state index in [0.717, 1.165) is 32.2 Å². The smallest absolute Gasteiger partial charge is 0.221 e. The van der Waals surface area contributed by atoms with E-state index in [0.29, 0.717) is 6.54 Å². The summed E-state index contributed by atoms with van der Waals surface area (Å²) in [6, 6.07) is 0. The number of amides is 1. The second kappa shape index (κ2) is 5.82. The van der Waals surface area contributed by atoms with Crippen LogP contribution in [0.2, 0.25) is 0 Å². The maximum absolute atomic E-state index is 11.5. The molecule has 2 N–H and O–H groups in total. The Bertz CT molecular complexity index is 359. The normalized spacial score (nSPS) is 25.5. The fourth-order valence-corrected chi connectivity index (χ4v) is 2.50. The number of sulfone groups is 1. The van der Waals surface area contributed by atoms with Gasteiger partial charge in [-0.2, -0.15) is 0 Å². The van der Waals surface area contributed by atoms with Crippen LogP contribution >= 0.6 is 0 Å². The molecule has 0 radical (unpaired) electrons. The highest BCUT2D eigenvalue weighted by molar-refractivity contribution is 7.90. The third kappa shape index (κ3) is 6.02. The molecule has 0 aromatic carbocycles. The highest BCUT2D eigenvalue weighted by Gasteiger charge is 2.26. The number of piperidine rings is 1. The van der Waals surface area contributed by atoms with E-state index in [1.165, 1.54) is 0 Å². The van der Waals surface area contributed by atoms with Gasteiger partial charge in [-0.25, -0.2) is 8.42 Å². The van der Waals surface area contributed by atoms with Crippen LogP contribution in [0.25, 0.3) is 0 Å². The van der Waals surface area contributed by atoms with Crippen molar-refractivity contribution in [2.45, 2.75) is 26.2 Å². The second-order valence-electron chi connectivity index (χ2n) is 5.25. The second-order valence-corrected chi connectivity index (χ2v) is 7.51. The lowest BCUT2D eigenvalue weighted by Gasteiger charge is -2.34. The van der Waals surface area contributed by atoms with Gasteiger partial charge in [-0.05, 0) is 24.8 Å². The molecule has 0 bridgehead atoms. The predicted octanol–water partition coefficient (Wildman–Crippen LogP) is -0.0730. The van der Waals surface area contributed by atoms with Crippen molar-refractivity contribution in [3.63, 3.8) is 0 Å². The van der Waals surface area contributed by atoms with E-state index < -0.39 is 9.84 Å². The Labute approximate surface area is 103 Å². The van der Waals surface area contributed by atoms with Crippen LogP contribution in [0, 0.1) is 5.41 Å². The van der Waals surface area contributed by atoms with Crippen molar-refractivity contribution >= 4 is 15.7 Å². The van der Waals surface area contributed by atoms with E-state index in [1.807, 2.05) is 0 Å². The molecule has 1 atom stereocenters. The van der Waals surface area contributed by atoms with Crippen LogP contribution in [0.4, 0.5) is 0 Å². The Kier molecular flexibility index (Phi) is 4.94. The van der Waals surface area contributed by atoms with Crippen LogP contribution in [-0.2, 0) is 14.6 Å². The highest BCUT2D eigenvalue weighted by atomic mass is 32.2. The molecule has 0 aliphatic carbocycles. The molecule has 0 spiro atoms. The molecule has 0 aromatic heterocycles. The monoisotopic (exact) mass is 262 g/mol. The Morgan fingerprint density at radius 2 is 2.18 bits per heavy atom. The highest BCUT2D eigenvalue weighted by Crippen LogP contribution is 2.24. The van der Waals surface area contributed by atoms with Crippen LogP contribution in [0.5, 0.6) is 0 Å². The van der Waals surface area contributed by atoms with Gasteiger partial charge < -0.3 is 10.6 Å². The van der Waals surface area contributed by atoms with Crippen molar-refractivity contribution in [2.75, 3.05) is 31.6 Å². The van der Waals surface area contributed by atoms with E-state index in [1.54, 1.807) is 0 Å². The van der Waals surface area contributed by atoms with Crippen molar-refractivity contribution in [3.05, 3.63) is 0 Å². The molecule has 6 heteroatoms. The molecule has 1 fully saturated rings. The maximum atomic E-state index is 11.5. The van der Waals surface area contributed by atoms with Gasteiger partial charge in [0.05, 0.1) is 5.75 Å². The van der Waals surface area contributed by atoms with Crippen molar-refractivity contribution in [3.8, 4) is 0 Å². The molecule has 1 unspecified atom stereocenters. The molecule has 17 heavy (non-hydrogen) atoms. The van der Waals surface area contributed by atoms with Crippen molar-refractivity contribution in [2.24, 2.45) is 5.41 Å². The summed E-state index contributed by atoms with van der Waals surface area (Å²) in [7, 11) is -3.05. The molecule has 1 aliphatic heterocycles. The minimum Gasteiger partial charge on any atom is -0.355 e. The van der Waals surface area contributed by atoms with Crippen LogP contribution in [0.1, 0.15) is 26.2 Å². The van der Waals surface area contributed by atoms with Gasteiger partial charge in [0, 0.05) is 25.8 Å². The molecule has 0 saturated carbocycles. The lowest BCUT2D eigenvalue weighted by Crippen LogP contribution is -2.45. The number of hydrogen-bond donors (Lipinski definition) is 2. The van der Waals surface area contributed by atoms with Crippen LogP contribution in [0.3, 0.4) is 0 Å². The van der Waals surface area contributed by atoms with Gasteiger partial charge in [0.2, 0.25) is 5.91 Å². The SMILES string of the molecule is CC1(CNC(=O)CCS(C)(=O)=O)CCCNC1. The van der Waals surface area contributed by atoms with Gasteiger partial charge in [-0.15, -0.1) is 0 Å². The molecule has 1 heterocycles. The molecule has 1 rings (SSSR count). The van der Waals surface area contributed by atoms with E-state index in [-0.39, 0.29) is 23.5 Å².